The fraction of sp³-hybridized carbons (Fsp3) is 0.957. The van der Waals surface area contributed by atoms with Gasteiger partial charge in [0.1, 0.15) is 13.2 Å². The predicted molar refractivity (Wildman–Crippen MR) is 246 cm³/mol. The molecule has 0 aromatic heterocycles. The van der Waals surface area contributed by atoms with Crippen LogP contribution >= 0.6 is 0 Å². The van der Waals surface area contributed by atoms with Crippen molar-refractivity contribution in [2.45, 2.75) is 26.7 Å². The Labute approximate surface area is 406 Å². The van der Waals surface area contributed by atoms with Crippen molar-refractivity contribution in [1.82, 2.24) is 0 Å². The first-order chi connectivity index (χ1) is 33.6. The van der Waals surface area contributed by atoms with Crippen molar-refractivity contribution in [1.29, 1.82) is 0 Å². The molecule has 0 aliphatic heterocycles. The summed E-state index contributed by atoms with van der Waals surface area (Å²) in [6.07, 6.45) is 0.863. The van der Waals surface area contributed by atoms with Crippen LogP contribution in [0.25, 0.3) is 0 Å². The van der Waals surface area contributed by atoms with Crippen molar-refractivity contribution in [3.63, 3.8) is 0 Å². The van der Waals surface area contributed by atoms with Gasteiger partial charge in [0.25, 0.3) is 0 Å². The molecule has 0 amide bonds. The van der Waals surface area contributed by atoms with E-state index < -0.39 is 11.8 Å². The maximum absolute atomic E-state index is 12.6. The average molecular weight is 995 g/mol. The van der Waals surface area contributed by atoms with Gasteiger partial charge in [-0.15, -0.1) is 0 Å². The van der Waals surface area contributed by atoms with Gasteiger partial charge in [-0.2, -0.15) is 0 Å². The van der Waals surface area contributed by atoms with Gasteiger partial charge < -0.3 is 94.7 Å². The molecule has 68 heavy (non-hydrogen) atoms. The molecule has 0 N–H and O–H groups in total. The van der Waals surface area contributed by atoms with Gasteiger partial charge in [0.15, 0.2) is 0 Å². The summed E-state index contributed by atoms with van der Waals surface area (Å²) in [5.41, 5.74) is 0. The Bertz CT molecular complexity index is 1000. The van der Waals surface area contributed by atoms with Crippen LogP contribution in [0.1, 0.15) is 26.7 Å². The van der Waals surface area contributed by atoms with Gasteiger partial charge in [0, 0.05) is 14.2 Å². The Morgan fingerprint density at radius 1 is 0.279 bits per heavy atom. The summed E-state index contributed by atoms with van der Waals surface area (Å²) >= 11 is 0. The smallest absolute Gasteiger partial charge is 0.309 e. The molecule has 406 valence electrons. The van der Waals surface area contributed by atoms with Crippen molar-refractivity contribution in [2.75, 3.05) is 252 Å². The zero-order valence-electron chi connectivity index (χ0n) is 42.0. The molecular weight excluding hydrogens is 904 g/mol. The second kappa shape index (κ2) is 57.8. The van der Waals surface area contributed by atoms with Crippen LogP contribution in [0.3, 0.4) is 0 Å². The second-order valence-electron chi connectivity index (χ2n) is 14.4. The lowest BCUT2D eigenvalue weighted by Gasteiger charge is -2.18. The quantitative estimate of drug-likeness (QED) is 0.0625. The van der Waals surface area contributed by atoms with Gasteiger partial charge in [-0.1, -0.05) is 13.8 Å². The molecule has 22 nitrogen and oxygen atoms in total. The normalized spacial score (nSPS) is 12.5. The fourth-order valence-corrected chi connectivity index (χ4v) is 5.18. The average Bonchev–Trinajstić information content (AvgIpc) is 3.34. The zero-order chi connectivity index (χ0) is 49.3. The summed E-state index contributed by atoms with van der Waals surface area (Å²) in [5.74, 6) is -1.65. The van der Waals surface area contributed by atoms with Crippen LogP contribution in [0.2, 0.25) is 0 Å². The maximum Gasteiger partial charge on any atom is 0.309 e. The van der Waals surface area contributed by atoms with E-state index in [2.05, 4.69) is 0 Å². The highest BCUT2D eigenvalue weighted by molar-refractivity contribution is 5.75. The molecule has 0 aromatic carbocycles. The monoisotopic (exact) mass is 995 g/mol. The minimum Gasteiger partial charge on any atom is -0.463 e. The fourth-order valence-electron chi connectivity index (χ4n) is 5.18. The molecular formula is C46H90O22. The summed E-state index contributed by atoms with van der Waals surface area (Å²) in [6.45, 7) is 19.7. The number of esters is 2. The van der Waals surface area contributed by atoms with Gasteiger partial charge in [-0.05, 0) is 12.8 Å². The van der Waals surface area contributed by atoms with E-state index in [1.807, 2.05) is 6.92 Å². The molecule has 0 heterocycles. The molecule has 0 saturated carbocycles. The number of carbonyl (C=O) groups excluding carboxylic acids is 2. The lowest BCUT2D eigenvalue weighted by atomic mass is 9.94. The lowest BCUT2D eigenvalue weighted by Crippen LogP contribution is -2.26. The standard InChI is InChI=1S/C46H90O22/c1-5-44(46(48)68-41-39-66-37-35-64-33-31-62-29-27-60-25-23-58-21-19-56-17-15-54-13-11-52-9-7-50-4)42-43(2)45(47)67-40-38-65-36-34-63-32-30-61-28-26-59-24-22-57-20-18-55-16-14-53-12-10-51-8-6-49-3/h43-44H,5-42H2,1-4H3. The third-order valence-electron chi connectivity index (χ3n) is 8.88. The second-order valence-corrected chi connectivity index (χ2v) is 14.4. The topological polar surface area (TPSA) is 219 Å². The first-order valence-corrected chi connectivity index (χ1v) is 24.1. The van der Waals surface area contributed by atoms with E-state index in [-0.39, 0.29) is 38.4 Å². The molecule has 0 bridgehead atoms. The lowest BCUT2D eigenvalue weighted by molar-refractivity contribution is -0.154. The van der Waals surface area contributed by atoms with Crippen LogP contribution in [-0.4, -0.2) is 264 Å². The largest absolute Gasteiger partial charge is 0.463 e. The Morgan fingerprint density at radius 2 is 0.456 bits per heavy atom. The SMILES string of the molecule is CCC(CC(C)C(=O)OCCOCCOCCOCCOCCOCCOCCOCCOCCOC)C(=O)OCCOCCOCCOCCOCCOCCOCCOCCOCCOC. The molecule has 0 fully saturated rings. The van der Waals surface area contributed by atoms with E-state index >= 15 is 0 Å². The van der Waals surface area contributed by atoms with Crippen LogP contribution < -0.4 is 0 Å². The molecule has 0 aliphatic rings. The van der Waals surface area contributed by atoms with Gasteiger partial charge in [-0.3, -0.25) is 9.59 Å². The highest BCUT2D eigenvalue weighted by Crippen LogP contribution is 2.18. The highest BCUT2D eigenvalue weighted by Gasteiger charge is 2.25. The maximum atomic E-state index is 12.6. The van der Waals surface area contributed by atoms with E-state index in [0.717, 1.165) is 0 Å². The summed E-state index contributed by atoms with van der Waals surface area (Å²) in [5, 5.41) is 0. The Morgan fingerprint density at radius 3 is 0.647 bits per heavy atom. The molecule has 0 saturated heterocycles. The third-order valence-corrected chi connectivity index (χ3v) is 8.88. The molecule has 2 unspecified atom stereocenters. The van der Waals surface area contributed by atoms with Crippen molar-refractivity contribution < 1.29 is 104 Å². The number of hydrogen-bond acceptors (Lipinski definition) is 22. The van der Waals surface area contributed by atoms with Crippen LogP contribution in [-0.2, 0) is 104 Å². The number of carbonyl (C=O) groups is 2. The van der Waals surface area contributed by atoms with Crippen molar-refractivity contribution >= 4 is 11.9 Å². The van der Waals surface area contributed by atoms with E-state index in [1.54, 1.807) is 21.1 Å². The molecule has 0 spiro atoms. The van der Waals surface area contributed by atoms with E-state index in [4.69, 9.17) is 94.7 Å². The van der Waals surface area contributed by atoms with E-state index in [0.29, 0.717) is 224 Å². The number of rotatable bonds is 59. The van der Waals surface area contributed by atoms with Gasteiger partial charge in [0.05, 0.1) is 236 Å². The zero-order valence-corrected chi connectivity index (χ0v) is 42.0. The summed E-state index contributed by atoms with van der Waals surface area (Å²) in [6, 6.07) is 0. The van der Waals surface area contributed by atoms with Gasteiger partial charge >= 0.3 is 11.9 Å². The van der Waals surface area contributed by atoms with Crippen molar-refractivity contribution in [3.8, 4) is 0 Å². The van der Waals surface area contributed by atoms with Crippen molar-refractivity contribution in [2.24, 2.45) is 11.8 Å². The molecule has 0 radical (unpaired) electrons. The van der Waals surface area contributed by atoms with Gasteiger partial charge in [0.2, 0.25) is 0 Å². The molecule has 2 atom stereocenters. The minimum atomic E-state index is -0.471. The van der Waals surface area contributed by atoms with E-state index in [1.165, 1.54) is 0 Å². The first kappa shape index (κ1) is 66.2. The molecule has 22 heteroatoms. The molecule has 0 aromatic rings. The van der Waals surface area contributed by atoms with Crippen LogP contribution in [0.4, 0.5) is 0 Å². The van der Waals surface area contributed by atoms with Gasteiger partial charge in [-0.25, -0.2) is 0 Å². The van der Waals surface area contributed by atoms with Crippen LogP contribution in [0.5, 0.6) is 0 Å². The molecule has 0 aliphatic carbocycles. The summed E-state index contributed by atoms with van der Waals surface area (Å²) in [7, 11) is 3.27. The van der Waals surface area contributed by atoms with Crippen molar-refractivity contribution in [3.05, 3.63) is 0 Å². The Hall–Kier alpha value is -1.78. The Kier molecular flexibility index (Phi) is 56.3. The number of ether oxygens (including phenoxy) is 20. The third kappa shape index (κ3) is 52.1. The first-order valence-electron chi connectivity index (χ1n) is 24.1. The minimum absolute atomic E-state index is 0.110. The predicted octanol–water partition coefficient (Wildman–Crippen LogP) is 1.68. The highest BCUT2D eigenvalue weighted by atomic mass is 16.6. The summed E-state index contributed by atoms with van der Waals surface area (Å²) in [4.78, 5) is 25.1. The van der Waals surface area contributed by atoms with Crippen LogP contribution in [0.15, 0.2) is 0 Å². The Balaban J connectivity index is 3.46. The molecule has 0 rings (SSSR count). The number of hydrogen-bond donors (Lipinski definition) is 0. The number of methoxy groups -OCH3 is 2. The summed E-state index contributed by atoms with van der Waals surface area (Å²) < 4.78 is 108. The van der Waals surface area contributed by atoms with Crippen LogP contribution in [0, 0.1) is 11.8 Å². The van der Waals surface area contributed by atoms with E-state index in [9.17, 15) is 9.59 Å².